The molecule has 1 N–H and O–H groups in total. The number of fused-ring (bicyclic) bond motifs is 1. The molecule has 1 saturated heterocycles. The van der Waals surface area contributed by atoms with Gasteiger partial charge in [0.1, 0.15) is 11.6 Å². The van der Waals surface area contributed by atoms with Crippen LogP contribution in [0.3, 0.4) is 0 Å². The quantitative estimate of drug-likeness (QED) is 0.630. The zero-order valence-corrected chi connectivity index (χ0v) is 19.1. The summed E-state index contributed by atoms with van der Waals surface area (Å²) >= 11 is 3.68. The second-order valence-electron chi connectivity index (χ2n) is 8.08. The molecule has 6 heteroatoms. The van der Waals surface area contributed by atoms with Crippen LogP contribution in [0.2, 0.25) is 0 Å². The van der Waals surface area contributed by atoms with Gasteiger partial charge in [0.25, 0.3) is 0 Å². The van der Waals surface area contributed by atoms with Crippen molar-refractivity contribution in [2.45, 2.75) is 38.3 Å². The van der Waals surface area contributed by atoms with Crippen LogP contribution in [0.25, 0.3) is 0 Å². The van der Waals surface area contributed by atoms with Gasteiger partial charge in [-0.15, -0.1) is 0 Å². The van der Waals surface area contributed by atoms with Gasteiger partial charge in [0, 0.05) is 31.7 Å². The molecule has 30 heavy (non-hydrogen) atoms. The van der Waals surface area contributed by atoms with Crippen molar-refractivity contribution in [3.8, 4) is 5.75 Å². The molecule has 0 bridgehead atoms. The van der Waals surface area contributed by atoms with Crippen molar-refractivity contribution in [2.75, 3.05) is 39.9 Å². The highest BCUT2D eigenvalue weighted by molar-refractivity contribution is 9.10. The van der Waals surface area contributed by atoms with Crippen LogP contribution in [0.15, 0.2) is 34.8 Å². The van der Waals surface area contributed by atoms with Gasteiger partial charge in [0.05, 0.1) is 30.8 Å². The number of nitrogens with one attached hydrogen (secondary N) is 1. The maximum Gasteiger partial charge on any atom is 0.138 e. The van der Waals surface area contributed by atoms with E-state index in [0.29, 0.717) is 13.2 Å². The monoisotopic (exact) mass is 476 g/mol. The van der Waals surface area contributed by atoms with Gasteiger partial charge >= 0.3 is 0 Å². The SMILES string of the molecule is COc1c(Br)cc2c(c1COCC(c1ccc(F)cc1)N1CCNCC1)CCCC2. The summed E-state index contributed by atoms with van der Waals surface area (Å²) in [6, 6.07) is 9.16. The number of hydrogen-bond donors (Lipinski definition) is 1. The van der Waals surface area contributed by atoms with E-state index in [1.807, 2.05) is 12.1 Å². The molecule has 1 aliphatic heterocycles. The molecule has 1 atom stereocenters. The number of rotatable bonds is 7. The van der Waals surface area contributed by atoms with Gasteiger partial charge in [-0.05, 0) is 76.5 Å². The van der Waals surface area contributed by atoms with Crippen LogP contribution in [0.1, 0.15) is 41.1 Å². The van der Waals surface area contributed by atoms with E-state index in [1.54, 1.807) is 7.11 Å². The van der Waals surface area contributed by atoms with Gasteiger partial charge < -0.3 is 14.8 Å². The zero-order chi connectivity index (χ0) is 20.9. The van der Waals surface area contributed by atoms with Crippen LogP contribution in [0.4, 0.5) is 4.39 Å². The third-order valence-electron chi connectivity index (χ3n) is 6.24. The van der Waals surface area contributed by atoms with Crippen molar-refractivity contribution in [2.24, 2.45) is 0 Å². The standard InChI is InChI=1S/C24H30BrFN2O2/c1-29-24-21(20-5-3-2-4-18(20)14-22(24)25)15-30-16-23(28-12-10-27-11-13-28)17-6-8-19(26)9-7-17/h6-9,14,23,27H,2-5,10-13,15-16H2,1H3. The second-order valence-corrected chi connectivity index (χ2v) is 8.94. The highest BCUT2D eigenvalue weighted by Crippen LogP contribution is 2.38. The van der Waals surface area contributed by atoms with E-state index >= 15 is 0 Å². The van der Waals surface area contributed by atoms with E-state index in [9.17, 15) is 4.39 Å². The maximum absolute atomic E-state index is 13.5. The van der Waals surface area contributed by atoms with E-state index < -0.39 is 0 Å². The molecule has 2 aliphatic rings. The van der Waals surface area contributed by atoms with E-state index in [0.717, 1.165) is 54.8 Å². The van der Waals surface area contributed by atoms with E-state index in [4.69, 9.17) is 9.47 Å². The second kappa shape index (κ2) is 10.2. The lowest BCUT2D eigenvalue weighted by Gasteiger charge is -2.35. The van der Waals surface area contributed by atoms with Gasteiger partial charge in [0.2, 0.25) is 0 Å². The fourth-order valence-corrected chi connectivity index (χ4v) is 5.35. The van der Waals surface area contributed by atoms with Crippen LogP contribution in [0.5, 0.6) is 5.75 Å². The molecule has 0 amide bonds. The first-order valence-corrected chi connectivity index (χ1v) is 11.6. The number of aryl methyl sites for hydroxylation is 1. The number of ether oxygens (including phenoxy) is 2. The lowest BCUT2D eigenvalue weighted by Crippen LogP contribution is -2.46. The molecule has 1 aliphatic carbocycles. The van der Waals surface area contributed by atoms with Crippen LogP contribution in [-0.2, 0) is 24.2 Å². The molecule has 4 nitrogen and oxygen atoms in total. The number of benzene rings is 2. The van der Waals surface area contributed by atoms with Crippen LogP contribution >= 0.6 is 15.9 Å². The molecule has 2 aromatic carbocycles. The fraction of sp³-hybridized carbons (Fsp3) is 0.500. The average molecular weight is 477 g/mol. The Bertz CT molecular complexity index is 853. The van der Waals surface area contributed by atoms with Gasteiger partial charge in [-0.2, -0.15) is 0 Å². The van der Waals surface area contributed by atoms with Crippen molar-refractivity contribution < 1.29 is 13.9 Å². The Labute approximate surface area is 186 Å². The maximum atomic E-state index is 13.5. The minimum absolute atomic E-state index is 0.113. The number of halogens is 2. The third kappa shape index (κ3) is 4.88. The summed E-state index contributed by atoms with van der Waals surface area (Å²) in [5, 5.41) is 3.40. The molecule has 0 aromatic heterocycles. The average Bonchev–Trinajstić information content (AvgIpc) is 2.78. The summed E-state index contributed by atoms with van der Waals surface area (Å²) in [5.74, 6) is 0.681. The molecule has 2 aromatic rings. The zero-order valence-electron chi connectivity index (χ0n) is 17.6. The van der Waals surface area contributed by atoms with E-state index in [-0.39, 0.29) is 11.9 Å². The van der Waals surface area contributed by atoms with E-state index in [2.05, 4.69) is 32.2 Å². The number of nitrogens with zero attached hydrogens (tertiary/aromatic N) is 1. The number of methoxy groups -OCH3 is 1. The minimum atomic E-state index is -0.204. The highest BCUT2D eigenvalue weighted by Gasteiger charge is 2.24. The summed E-state index contributed by atoms with van der Waals surface area (Å²) < 4.78 is 26.5. The summed E-state index contributed by atoms with van der Waals surface area (Å²) in [4.78, 5) is 2.43. The van der Waals surface area contributed by atoms with Gasteiger partial charge in [0.15, 0.2) is 0 Å². The predicted molar refractivity (Wildman–Crippen MR) is 121 cm³/mol. The molecule has 0 saturated carbocycles. The Kier molecular flexibility index (Phi) is 7.41. The topological polar surface area (TPSA) is 33.7 Å². The van der Waals surface area contributed by atoms with Crippen LogP contribution in [0, 0.1) is 5.82 Å². The number of hydrogen-bond acceptors (Lipinski definition) is 4. The summed E-state index contributed by atoms with van der Waals surface area (Å²) in [6.45, 7) is 4.93. The van der Waals surface area contributed by atoms with Gasteiger partial charge in [-0.25, -0.2) is 4.39 Å². The van der Waals surface area contributed by atoms with Crippen molar-refractivity contribution in [1.29, 1.82) is 0 Å². The molecule has 1 unspecified atom stereocenters. The predicted octanol–water partition coefficient (Wildman–Crippen LogP) is 4.64. The third-order valence-corrected chi connectivity index (χ3v) is 6.83. The van der Waals surface area contributed by atoms with Crippen molar-refractivity contribution in [3.63, 3.8) is 0 Å². The largest absolute Gasteiger partial charge is 0.495 e. The Morgan fingerprint density at radius 1 is 1.13 bits per heavy atom. The number of piperazine rings is 1. The first-order valence-electron chi connectivity index (χ1n) is 10.8. The van der Waals surface area contributed by atoms with Crippen LogP contribution < -0.4 is 10.1 Å². The van der Waals surface area contributed by atoms with Crippen molar-refractivity contribution in [1.82, 2.24) is 10.2 Å². The molecule has 4 rings (SSSR count). The lowest BCUT2D eigenvalue weighted by atomic mass is 9.88. The van der Waals surface area contributed by atoms with E-state index in [1.165, 1.54) is 41.7 Å². The van der Waals surface area contributed by atoms with Gasteiger partial charge in [-0.1, -0.05) is 12.1 Å². The normalized spacial score (nSPS) is 18.1. The molecule has 162 valence electrons. The molecule has 1 heterocycles. The first kappa shape index (κ1) is 21.8. The highest BCUT2D eigenvalue weighted by atomic mass is 79.9. The summed E-state index contributed by atoms with van der Waals surface area (Å²) in [5.41, 5.74) is 5.06. The Balaban J connectivity index is 1.53. The summed E-state index contributed by atoms with van der Waals surface area (Å²) in [7, 11) is 1.72. The Morgan fingerprint density at radius 3 is 2.60 bits per heavy atom. The molecule has 0 spiro atoms. The summed E-state index contributed by atoms with van der Waals surface area (Å²) in [6.07, 6.45) is 4.65. The van der Waals surface area contributed by atoms with Crippen LogP contribution in [-0.4, -0.2) is 44.8 Å². The van der Waals surface area contributed by atoms with Crippen molar-refractivity contribution >= 4 is 15.9 Å². The van der Waals surface area contributed by atoms with Gasteiger partial charge in [-0.3, -0.25) is 4.90 Å². The Hall–Kier alpha value is -1.47. The fourth-order valence-electron chi connectivity index (χ4n) is 4.67. The Morgan fingerprint density at radius 2 is 1.87 bits per heavy atom. The lowest BCUT2D eigenvalue weighted by molar-refractivity contribution is 0.0431. The minimum Gasteiger partial charge on any atom is -0.495 e. The smallest absolute Gasteiger partial charge is 0.138 e. The molecule has 0 radical (unpaired) electrons. The molecular formula is C24H30BrFN2O2. The molecular weight excluding hydrogens is 447 g/mol. The van der Waals surface area contributed by atoms with Crippen molar-refractivity contribution in [3.05, 3.63) is 62.9 Å². The molecule has 1 fully saturated rings. The first-order chi connectivity index (χ1) is 14.7.